The lowest BCUT2D eigenvalue weighted by molar-refractivity contribution is 0.432. The maximum absolute atomic E-state index is 11.7. The Morgan fingerprint density at radius 3 is 2.88 bits per heavy atom. The quantitative estimate of drug-likeness (QED) is 0.619. The zero-order valence-electron chi connectivity index (χ0n) is 12.2. The maximum Gasteiger partial charge on any atom is 0.330 e. The van der Waals surface area contributed by atoms with Gasteiger partial charge >= 0.3 is 5.69 Å². The Hall–Kier alpha value is -3.19. The first kappa shape index (κ1) is 14.4. The van der Waals surface area contributed by atoms with Crippen molar-refractivity contribution in [2.45, 2.75) is 0 Å². The summed E-state index contributed by atoms with van der Waals surface area (Å²) < 4.78 is 6.81. The number of halogens is 1. The molecule has 0 saturated heterocycles. The standard InChI is InChI=1S/C16H10ClN5O2/c17-12-6-11(8-18-9-12)14-20-15(24-21-14)10-2-1-3-13(7-10)22-5-4-19-16(22)23/h1-9H,(H,19,23). The minimum Gasteiger partial charge on any atom is -0.334 e. The highest BCUT2D eigenvalue weighted by Crippen LogP contribution is 2.24. The highest BCUT2D eigenvalue weighted by molar-refractivity contribution is 6.30. The van der Waals surface area contributed by atoms with Gasteiger partial charge < -0.3 is 9.51 Å². The van der Waals surface area contributed by atoms with Crippen LogP contribution in [0.4, 0.5) is 0 Å². The molecule has 3 aromatic heterocycles. The van der Waals surface area contributed by atoms with Crippen LogP contribution in [0.1, 0.15) is 0 Å². The molecule has 118 valence electrons. The van der Waals surface area contributed by atoms with Crippen LogP contribution in [-0.4, -0.2) is 24.7 Å². The summed E-state index contributed by atoms with van der Waals surface area (Å²) in [6.07, 6.45) is 6.37. The molecule has 4 rings (SSSR count). The summed E-state index contributed by atoms with van der Waals surface area (Å²) in [6.45, 7) is 0. The van der Waals surface area contributed by atoms with Gasteiger partial charge in [0, 0.05) is 35.9 Å². The van der Waals surface area contributed by atoms with Crippen molar-refractivity contribution in [1.82, 2.24) is 24.7 Å². The Morgan fingerprint density at radius 2 is 2.08 bits per heavy atom. The minimum absolute atomic E-state index is 0.219. The monoisotopic (exact) mass is 339 g/mol. The zero-order chi connectivity index (χ0) is 16.5. The molecular formula is C16H10ClN5O2. The largest absolute Gasteiger partial charge is 0.334 e. The fourth-order valence-electron chi connectivity index (χ4n) is 2.30. The van der Waals surface area contributed by atoms with Crippen molar-refractivity contribution in [3.63, 3.8) is 0 Å². The van der Waals surface area contributed by atoms with Gasteiger partial charge in [-0.15, -0.1) is 0 Å². The van der Waals surface area contributed by atoms with Gasteiger partial charge in [-0.25, -0.2) is 4.79 Å². The summed E-state index contributed by atoms with van der Waals surface area (Å²) in [5.41, 5.74) is 1.84. The molecule has 0 fully saturated rings. The van der Waals surface area contributed by atoms with Crippen LogP contribution in [0.5, 0.6) is 0 Å². The summed E-state index contributed by atoms with van der Waals surface area (Å²) in [4.78, 5) is 22.7. The van der Waals surface area contributed by atoms with Crippen molar-refractivity contribution in [2.75, 3.05) is 0 Å². The lowest BCUT2D eigenvalue weighted by Crippen LogP contribution is -2.13. The normalized spacial score (nSPS) is 10.9. The van der Waals surface area contributed by atoms with E-state index < -0.39 is 0 Å². The van der Waals surface area contributed by atoms with E-state index in [0.29, 0.717) is 33.6 Å². The van der Waals surface area contributed by atoms with Crippen molar-refractivity contribution in [3.8, 4) is 28.5 Å². The molecule has 0 amide bonds. The van der Waals surface area contributed by atoms with Gasteiger partial charge in [-0.05, 0) is 24.3 Å². The Kier molecular flexibility index (Phi) is 3.47. The molecular weight excluding hydrogens is 330 g/mol. The molecule has 0 radical (unpaired) electrons. The third kappa shape index (κ3) is 2.61. The molecule has 8 heteroatoms. The number of hydrogen-bond donors (Lipinski definition) is 1. The number of aromatic nitrogens is 5. The van der Waals surface area contributed by atoms with Crippen LogP contribution in [0.25, 0.3) is 28.5 Å². The van der Waals surface area contributed by atoms with Gasteiger partial charge in [-0.1, -0.05) is 22.8 Å². The number of aromatic amines is 1. The second kappa shape index (κ2) is 5.78. The predicted molar refractivity (Wildman–Crippen MR) is 87.9 cm³/mol. The van der Waals surface area contributed by atoms with Crippen LogP contribution in [0.3, 0.4) is 0 Å². The molecule has 0 unspecified atom stereocenters. The third-order valence-corrected chi connectivity index (χ3v) is 3.62. The average Bonchev–Trinajstić information content (AvgIpc) is 3.24. The molecule has 24 heavy (non-hydrogen) atoms. The van der Waals surface area contributed by atoms with E-state index in [1.165, 1.54) is 10.8 Å². The molecule has 0 aliphatic heterocycles. The number of rotatable bonds is 3. The van der Waals surface area contributed by atoms with Crippen molar-refractivity contribution < 1.29 is 4.52 Å². The van der Waals surface area contributed by atoms with Crippen molar-refractivity contribution in [2.24, 2.45) is 0 Å². The number of hydrogen-bond acceptors (Lipinski definition) is 5. The molecule has 0 bridgehead atoms. The van der Waals surface area contributed by atoms with Crippen molar-refractivity contribution in [3.05, 3.63) is 70.6 Å². The van der Waals surface area contributed by atoms with Gasteiger partial charge in [0.25, 0.3) is 5.89 Å². The number of nitrogens with one attached hydrogen (secondary N) is 1. The van der Waals surface area contributed by atoms with Gasteiger partial charge in [0.1, 0.15) is 0 Å². The second-order valence-corrected chi connectivity index (χ2v) is 5.44. The van der Waals surface area contributed by atoms with Gasteiger partial charge in [0.2, 0.25) is 5.82 Å². The summed E-state index contributed by atoms with van der Waals surface area (Å²) in [5, 5.41) is 4.45. The van der Waals surface area contributed by atoms with Crippen LogP contribution in [0, 0.1) is 0 Å². The highest BCUT2D eigenvalue weighted by Gasteiger charge is 2.12. The minimum atomic E-state index is -0.219. The van der Waals surface area contributed by atoms with Gasteiger partial charge in [-0.2, -0.15) is 4.98 Å². The van der Waals surface area contributed by atoms with E-state index in [0.717, 1.165) is 0 Å². The molecule has 1 aromatic carbocycles. The fourth-order valence-corrected chi connectivity index (χ4v) is 2.48. The Morgan fingerprint density at radius 1 is 1.17 bits per heavy atom. The topological polar surface area (TPSA) is 89.6 Å². The van der Waals surface area contributed by atoms with Gasteiger partial charge in [0.05, 0.1) is 10.7 Å². The number of benzene rings is 1. The lowest BCUT2D eigenvalue weighted by Gasteiger charge is -2.02. The van der Waals surface area contributed by atoms with Crippen molar-refractivity contribution >= 4 is 11.6 Å². The Labute approximate surface area is 140 Å². The van der Waals surface area contributed by atoms with Crippen LogP contribution in [0.2, 0.25) is 5.02 Å². The van der Waals surface area contributed by atoms with E-state index in [9.17, 15) is 4.79 Å². The first-order chi connectivity index (χ1) is 11.7. The first-order valence-corrected chi connectivity index (χ1v) is 7.40. The SMILES string of the molecule is O=c1[nH]ccn1-c1cccc(-c2nc(-c3cncc(Cl)c3)no2)c1. The van der Waals surface area contributed by atoms with E-state index in [1.807, 2.05) is 18.2 Å². The molecule has 0 aliphatic rings. The molecule has 7 nitrogen and oxygen atoms in total. The van der Waals surface area contributed by atoms with Crippen LogP contribution >= 0.6 is 11.6 Å². The third-order valence-electron chi connectivity index (χ3n) is 3.41. The number of H-pyrrole nitrogens is 1. The molecule has 0 atom stereocenters. The molecule has 0 spiro atoms. The van der Waals surface area contributed by atoms with Crippen molar-refractivity contribution in [1.29, 1.82) is 0 Å². The molecule has 1 N–H and O–H groups in total. The average molecular weight is 340 g/mol. The van der Waals surface area contributed by atoms with Crippen LogP contribution in [0.15, 0.2) is 64.4 Å². The summed E-state index contributed by atoms with van der Waals surface area (Å²) in [5.74, 6) is 0.736. The van der Waals surface area contributed by atoms with E-state index in [2.05, 4.69) is 20.1 Å². The smallest absolute Gasteiger partial charge is 0.330 e. The first-order valence-electron chi connectivity index (χ1n) is 7.02. The maximum atomic E-state index is 11.7. The number of imidazole rings is 1. The molecule has 0 saturated carbocycles. The summed E-state index contributed by atoms with van der Waals surface area (Å²) in [6, 6.07) is 8.96. The Bertz CT molecular complexity index is 1070. The molecule has 4 aromatic rings. The molecule has 3 heterocycles. The second-order valence-electron chi connectivity index (χ2n) is 5.00. The van der Waals surface area contributed by atoms with E-state index in [1.54, 1.807) is 30.7 Å². The number of nitrogens with zero attached hydrogens (tertiary/aromatic N) is 4. The number of pyridine rings is 1. The van der Waals surface area contributed by atoms with E-state index in [4.69, 9.17) is 16.1 Å². The van der Waals surface area contributed by atoms with Crippen LogP contribution < -0.4 is 5.69 Å². The van der Waals surface area contributed by atoms with Gasteiger partial charge in [-0.3, -0.25) is 9.55 Å². The summed E-state index contributed by atoms with van der Waals surface area (Å²) >= 11 is 5.93. The Balaban J connectivity index is 1.73. The lowest BCUT2D eigenvalue weighted by atomic mass is 10.2. The molecule has 0 aliphatic carbocycles. The van der Waals surface area contributed by atoms with E-state index in [-0.39, 0.29) is 5.69 Å². The van der Waals surface area contributed by atoms with Gasteiger partial charge in [0.15, 0.2) is 0 Å². The highest BCUT2D eigenvalue weighted by atomic mass is 35.5. The van der Waals surface area contributed by atoms with Crippen LogP contribution in [-0.2, 0) is 0 Å². The zero-order valence-corrected chi connectivity index (χ0v) is 12.9. The summed E-state index contributed by atoms with van der Waals surface area (Å²) in [7, 11) is 0. The fraction of sp³-hybridized carbons (Fsp3) is 0. The van der Waals surface area contributed by atoms with E-state index >= 15 is 0 Å². The predicted octanol–water partition coefficient (Wildman–Crippen LogP) is 2.93.